The Hall–Kier alpha value is -0.220. The van der Waals surface area contributed by atoms with Crippen molar-refractivity contribution in [2.75, 3.05) is 25.4 Å². The number of carbonyl (C=O) groups is 1. The smallest absolute Gasteiger partial charge is 0.317 e. The van der Waals surface area contributed by atoms with E-state index in [9.17, 15) is 4.79 Å². The van der Waals surface area contributed by atoms with Crippen molar-refractivity contribution in [1.82, 2.24) is 4.90 Å². The SMILES string of the molecule is CCSC1CCCCN(CC(=O)O)C1. The van der Waals surface area contributed by atoms with Crippen molar-refractivity contribution in [3.05, 3.63) is 0 Å². The molecule has 1 saturated heterocycles. The highest BCUT2D eigenvalue weighted by Crippen LogP contribution is 2.21. The van der Waals surface area contributed by atoms with Gasteiger partial charge in [-0.3, -0.25) is 9.69 Å². The molecule has 0 aromatic heterocycles. The summed E-state index contributed by atoms with van der Waals surface area (Å²) in [6.45, 7) is 4.27. The van der Waals surface area contributed by atoms with Crippen LogP contribution in [0.3, 0.4) is 0 Å². The van der Waals surface area contributed by atoms with Crippen LogP contribution >= 0.6 is 11.8 Å². The third kappa shape index (κ3) is 4.33. The van der Waals surface area contributed by atoms with Crippen LogP contribution in [-0.4, -0.2) is 46.6 Å². The normalized spacial score (nSPS) is 24.5. The number of carboxylic acids is 1. The first-order valence-electron chi connectivity index (χ1n) is 5.28. The number of nitrogens with zero attached hydrogens (tertiary/aromatic N) is 1. The maximum Gasteiger partial charge on any atom is 0.317 e. The van der Waals surface area contributed by atoms with E-state index in [1.165, 1.54) is 12.8 Å². The fourth-order valence-corrected chi connectivity index (χ4v) is 3.01. The number of hydrogen-bond acceptors (Lipinski definition) is 3. The van der Waals surface area contributed by atoms with Crippen molar-refractivity contribution < 1.29 is 9.90 Å². The molecule has 0 aliphatic carbocycles. The highest BCUT2D eigenvalue weighted by atomic mass is 32.2. The van der Waals surface area contributed by atoms with E-state index >= 15 is 0 Å². The highest BCUT2D eigenvalue weighted by molar-refractivity contribution is 7.99. The summed E-state index contributed by atoms with van der Waals surface area (Å²) in [5, 5.41) is 9.37. The van der Waals surface area contributed by atoms with Gasteiger partial charge in [0.15, 0.2) is 0 Å². The Balaban J connectivity index is 2.38. The molecule has 1 rings (SSSR count). The summed E-state index contributed by atoms with van der Waals surface area (Å²) in [6, 6.07) is 0. The van der Waals surface area contributed by atoms with Crippen LogP contribution < -0.4 is 0 Å². The molecule has 1 unspecified atom stereocenters. The molecule has 0 saturated carbocycles. The predicted octanol–water partition coefficient (Wildman–Crippen LogP) is 1.68. The van der Waals surface area contributed by atoms with Gasteiger partial charge in [-0.2, -0.15) is 11.8 Å². The van der Waals surface area contributed by atoms with Gasteiger partial charge in [0, 0.05) is 11.8 Å². The number of aliphatic carboxylic acids is 1. The minimum atomic E-state index is -0.702. The van der Waals surface area contributed by atoms with Gasteiger partial charge in [0.25, 0.3) is 0 Å². The van der Waals surface area contributed by atoms with Crippen LogP contribution in [0.25, 0.3) is 0 Å². The average molecular weight is 217 g/mol. The monoisotopic (exact) mass is 217 g/mol. The summed E-state index contributed by atoms with van der Waals surface area (Å²) in [7, 11) is 0. The van der Waals surface area contributed by atoms with Gasteiger partial charge in [0.2, 0.25) is 0 Å². The van der Waals surface area contributed by atoms with Crippen molar-refractivity contribution in [3.8, 4) is 0 Å². The first-order valence-corrected chi connectivity index (χ1v) is 6.33. The van der Waals surface area contributed by atoms with Gasteiger partial charge >= 0.3 is 5.97 Å². The number of rotatable bonds is 4. The Morgan fingerprint density at radius 3 is 3.00 bits per heavy atom. The van der Waals surface area contributed by atoms with E-state index in [-0.39, 0.29) is 6.54 Å². The van der Waals surface area contributed by atoms with E-state index < -0.39 is 5.97 Å². The minimum Gasteiger partial charge on any atom is -0.480 e. The van der Waals surface area contributed by atoms with E-state index in [0.717, 1.165) is 25.3 Å². The van der Waals surface area contributed by atoms with Crippen LogP contribution in [0.1, 0.15) is 26.2 Å². The van der Waals surface area contributed by atoms with Gasteiger partial charge < -0.3 is 5.11 Å². The summed E-state index contributed by atoms with van der Waals surface area (Å²) < 4.78 is 0. The third-order valence-electron chi connectivity index (χ3n) is 2.47. The zero-order valence-electron chi connectivity index (χ0n) is 8.74. The largest absolute Gasteiger partial charge is 0.480 e. The van der Waals surface area contributed by atoms with Crippen LogP contribution in [0, 0.1) is 0 Å². The molecular weight excluding hydrogens is 198 g/mol. The van der Waals surface area contributed by atoms with Crippen LogP contribution in [0.15, 0.2) is 0 Å². The van der Waals surface area contributed by atoms with E-state index in [1.807, 2.05) is 11.8 Å². The van der Waals surface area contributed by atoms with Crippen molar-refractivity contribution in [2.45, 2.75) is 31.4 Å². The molecule has 1 N–H and O–H groups in total. The van der Waals surface area contributed by atoms with Gasteiger partial charge in [0.05, 0.1) is 6.54 Å². The number of likely N-dealkylation sites (tertiary alicyclic amines) is 1. The lowest BCUT2D eigenvalue weighted by molar-refractivity contribution is -0.138. The number of carboxylic acid groups (broad SMARTS) is 1. The fraction of sp³-hybridized carbons (Fsp3) is 0.900. The van der Waals surface area contributed by atoms with E-state index in [4.69, 9.17) is 5.11 Å². The van der Waals surface area contributed by atoms with Gasteiger partial charge in [0.1, 0.15) is 0 Å². The summed E-state index contributed by atoms with van der Waals surface area (Å²) in [5.41, 5.74) is 0. The molecule has 14 heavy (non-hydrogen) atoms. The molecule has 0 aromatic carbocycles. The second-order valence-electron chi connectivity index (χ2n) is 3.70. The van der Waals surface area contributed by atoms with Crippen LogP contribution in [0.4, 0.5) is 0 Å². The topological polar surface area (TPSA) is 40.5 Å². The lowest BCUT2D eigenvalue weighted by atomic mass is 10.2. The average Bonchev–Trinajstić information content (AvgIpc) is 2.30. The maximum atomic E-state index is 10.6. The predicted molar refractivity (Wildman–Crippen MR) is 59.8 cm³/mol. The molecule has 1 heterocycles. The van der Waals surface area contributed by atoms with Gasteiger partial charge in [-0.1, -0.05) is 13.3 Å². The zero-order chi connectivity index (χ0) is 10.4. The second kappa shape index (κ2) is 6.30. The Labute approximate surface area is 89.9 Å². The third-order valence-corrected chi connectivity index (χ3v) is 3.66. The minimum absolute atomic E-state index is 0.209. The van der Waals surface area contributed by atoms with Crippen LogP contribution in [-0.2, 0) is 4.79 Å². The Kier molecular flexibility index (Phi) is 5.33. The molecular formula is C10H19NO2S. The molecule has 0 bridgehead atoms. The van der Waals surface area contributed by atoms with E-state index in [1.54, 1.807) is 0 Å². The molecule has 4 heteroatoms. The molecule has 0 amide bonds. The summed E-state index contributed by atoms with van der Waals surface area (Å²) in [4.78, 5) is 12.7. The molecule has 0 radical (unpaired) electrons. The van der Waals surface area contributed by atoms with Crippen LogP contribution in [0.2, 0.25) is 0 Å². The zero-order valence-corrected chi connectivity index (χ0v) is 9.55. The van der Waals surface area contributed by atoms with E-state index in [2.05, 4.69) is 11.8 Å². The fourth-order valence-electron chi connectivity index (χ4n) is 1.88. The van der Waals surface area contributed by atoms with Crippen LogP contribution in [0.5, 0.6) is 0 Å². The summed E-state index contributed by atoms with van der Waals surface area (Å²) in [5.74, 6) is 0.429. The molecule has 82 valence electrons. The van der Waals surface area contributed by atoms with Crippen molar-refractivity contribution in [1.29, 1.82) is 0 Å². The standard InChI is InChI=1S/C10H19NO2S/c1-2-14-9-5-3-4-6-11(7-9)8-10(12)13/h9H,2-8H2,1H3,(H,12,13). The first-order chi connectivity index (χ1) is 6.72. The van der Waals surface area contributed by atoms with Crippen molar-refractivity contribution in [3.63, 3.8) is 0 Å². The maximum absolute atomic E-state index is 10.6. The highest BCUT2D eigenvalue weighted by Gasteiger charge is 2.19. The lowest BCUT2D eigenvalue weighted by Gasteiger charge is -2.21. The molecule has 1 atom stereocenters. The van der Waals surface area contributed by atoms with Crippen molar-refractivity contribution >= 4 is 17.7 Å². The lowest BCUT2D eigenvalue weighted by Crippen LogP contribution is -2.34. The first kappa shape index (κ1) is 11.9. The Morgan fingerprint density at radius 2 is 2.36 bits per heavy atom. The molecule has 1 fully saturated rings. The summed E-state index contributed by atoms with van der Waals surface area (Å²) >= 11 is 1.96. The molecule has 0 spiro atoms. The van der Waals surface area contributed by atoms with E-state index in [0.29, 0.717) is 5.25 Å². The molecule has 0 aromatic rings. The molecule has 1 aliphatic rings. The summed E-state index contributed by atoms with van der Waals surface area (Å²) in [6.07, 6.45) is 3.64. The number of thioether (sulfide) groups is 1. The number of hydrogen-bond donors (Lipinski definition) is 1. The Bertz CT molecular complexity index is 187. The molecule has 1 aliphatic heterocycles. The molecule has 3 nitrogen and oxygen atoms in total. The van der Waals surface area contributed by atoms with Gasteiger partial charge in [-0.25, -0.2) is 0 Å². The van der Waals surface area contributed by atoms with Gasteiger partial charge in [-0.05, 0) is 25.1 Å². The van der Waals surface area contributed by atoms with Gasteiger partial charge in [-0.15, -0.1) is 0 Å². The van der Waals surface area contributed by atoms with Crippen molar-refractivity contribution in [2.24, 2.45) is 0 Å². The quantitative estimate of drug-likeness (QED) is 0.778. The Morgan fingerprint density at radius 1 is 1.57 bits per heavy atom. The second-order valence-corrected chi connectivity index (χ2v) is 5.28.